The molecule has 0 fully saturated rings. The highest BCUT2D eigenvalue weighted by Gasteiger charge is 2.05. The first-order valence-corrected chi connectivity index (χ1v) is 5.07. The minimum Gasteiger partial charge on any atom is -0.351 e. The SMILES string of the molecule is CCCCCNC(=O)c1c[nH]c(=O)cn1. The molecule has 0 aromatic carbocycles. The van der Waals surface area contributed by atoms with Gasteiger partial charge in [-0.2, -0.15) is 0 Å². The lowest BCUT2D eigenvalue weighted by Gasteiger charge is -2.02. The maximum absolute atomic E-state index is 11.4. The lowest BCUT2D eigenvalue weighted by molar-refractivity contribution is 0.0947. The van der Waals surface area contributed by atoms with E-state index in [9.17, 15) is 9.59 Å². The second kappa shape index (κ2) is 5.95. The number of hydrogen-bond acceptors (Lipinski definition) is 3. The van der Waals surface area contributed by atoms with E-state index in [1.165, 1.54) is 6.20 Å². The number of H-pyrrole nitrogens is 1. The smallest absolute Gasteiger partial charge is 0.271 e. The highest BCUT2D eigenvalue weighted by molar-refractivity contribution is 5.91. The molecule has 0 unspecified atom stereocenters. The van der Waals surface area contributed by atoms with Gasteiger partial charge >= 0.3 is 0 Å². The standard InChI is InChI=1S/C10H15N3O2/c1-2-3-4-5-11-10(15)8-6-13-9(14)7-12-8/h6-7H,2-5H2,1H3,(H,11,15)(H,13,14). The molecular weight excluding hydrogens is 194 g/mol. The van der Waals surface area contributed by atoms with Gasteiger partial charge in [0.05, 0.1) is 6.20 Å². The summed E-state index contributed by atoms with van der Waals surface area (Å²) < 4.78 is 0. The van der Waals surface area contributed by atoms with Crippen molar-refractivity contribution in [1.29, 1.82) is 0 Å². The van der Waals surface area contributed by atoms with Crippen LogP contribution in [-0.4, -0.2) is 22.4 Å². The van der Waals surface area contributed by atoms with E-state index in [-0.39, 0.29) is 17.2 Å². The number of unbranched alkanes of at least 4 members (excludes halogenated alkanes) is 2. The molecule has 82 valence electrons. The highest BCUT2D eigenvalue weighted by Crippen LogP contribution is 1.93. The van der Waals surface area contributed by atoms with Crippen LogP contribution < -0.4 is 10.9 Å². The molecular formula is C10H15N3O2. The van der Waals surface area contributed by atoms with Gasteiger partial charge in [0.2, 0.25) is 0 Å². The van der Waals surface area contributed by atoms with Crippen molar-refractivity contribution in [3.63, 3.8) is 0 Å². The van der Waals surface area contributed by atoms with Crippen LogP contribution in [0.5, 0.6) is 0 Å². The first kappa shape index (κ1) is 11.4. The number of aromatic nitrogens is 2. The number of aromatic amines is 1. The summed E-state index contributed by atoms with van der Waals surface area (Å²) in [7, 11) is 0. The van der Waals surface area contributed by atoms with Crippen LogP contribution in [-0.2, 0) is 0 Å². The summed E-state index contributed by atoms with van der Waals surface area (Å²) in [5.74, 6) is -0.248. The summed E-state index contributed by atoms with van der Waals surface area (Å²) in [5.41, 5.74) is -0.0661. The van der Waals surface area contributed by atoms with E-state index in [4.69, 9.17) is 0 Å². The molecule has 0 aliphatic heterocycles. The van der Waals surface area contributed by atoms with Crippen LogP contribution in [0.25, 0.3) is 0 Å². The summed E-state index contributed by atoms with van der Waals surface area (Å²) in [6.07, 6.45) is 5.59. The van der Waals surface area contributed by atoms with E-state index in [0.717, 1.165) is 25.5 Å². The first-order chi connectivity index (χ1) is 7.24. The lowest BCUT2D eigenvalue weighted by atomic mass is 10.2. The first-order valence-electron chi connectivity index (χ1n) is 5.07. The number of rotatable bonds is 5. The van der Waals surface area contributed by atoms with Crippen molar-refractivity contribution in [3.05, 3.63) is 28.4 Å². The Morgan fingerprint density at radius 3 is 2.93 bits per heavy atom. The molecule has 1 heterocycles. The fourth-order valence-electron chi connectivity index (χ4n) is 1.13. The fraction of sp³-hybridized carbons (Fsp3) is 0.500. The molecule has 2 N–H and O–H groups in total. The predicted molar refractivity (Wildman–Crippen MR) is 56.7 cm³/mol. The van der Waals surface area contributed by atoms with E-state index in [2.05, 4.69) is 22.2 Å². The number of nitrogens with one attached hydrogen (secondary N) is 2. The Hall–Kier alpha value is -1.65. The van der Waals surface area contributed by atoms with Gasteiger partial charge < -0.3 is 10.3 Å². The molecule has 0 spiro atoms. The van der Waals surface area contributed by atoms with Crippen molar-refractivity contribution in [2.75, 3.05) is 6.54 Å². The molecule has 0 aliphatic carbocycles. The Morgan fingerprint density at radius 2 is 2.33 bits per heavy atom. The van der Waals surface area contributed by atoms with Crippen molar-refractivity contribution in [3.8, 4) is 0 Å². The summed E-state index contributed by atoms with van der Waals surface area (Å²) in [4.78, 5) is 28.2. The number of amides is 1. The van der Waals surface area contributed by atoms with Crippen LogP contribution in [0.15, 0.2) is 17.2 Å². The maximum Gasteiger partial charge on any atom is 0.271 e. The highest BCUT2D eigenvalue weighted by atomic mass is 16.2. The van der Waals surface area contributed by atoms with Crippen molar-refractivity contribution in [2.24, 2.45) is 0 Å². The van der Waals surface area contributed by atoms with Gasteiger partial charge in [-0.05, 0) is 6.42 Å². The van der Waals surface area contributed by atoms with Crippen LogP contribution in [0.1, 0.15) is 36.7 Å². The predicted octanol–water partition coefficient (Wildman–Crippen LogP) is 0.690. The average molecular weight is 209 g/mol. The van der Waals surface area contributed by atoms with Crippen LogP contribution >= 0.6 is 0 Å². The fourth-order valence-corrected chi connectivity index (χ4v) is 1.13. The third kappa shape index (κ3) is 3.93. The number of carbonyl (C=O) groups excluding carboxylic acids is 1. The molecule has 5 heteroatoms. The lowest BCUT2D eigenvalue weighted by Crippen LogP contribution is -2.26. The monoisotopic (exact) mass is 209 g/mol. The molecule has 5 nitrogen and oxygen atoms in total. The summed E-state index contributed by atoms with van der Waals surface area (Å²) in [6, 6.07) is 0. The molecule has 0 radical (unpaired) electrons. The topological polar surface area (TPSA) is 74.8 Å². The second-order valence-electron chi connectivity index (χ2n) is 3.26. The third-order valence-electron chi connectivity index (χ3n) is 1.97. The number of carbonyl (C=O) groups is 1. The van der Waals surface area contributed by atoms with Gasteiger partial charge in [-0.1, -0.05) is 19.8 Å². The van der Waals surface area contributed by atoms with Gasteiger partial charge in [0.1, 0.15) is 5.69 Å². The third-order valence-corrected chi connectivity index (χ3v) is 1.97. The van der Waals surface area contributed by atoms with Crippen molar-refractivity contribution in [1.82, 2.24) is 15.3 Å². The quantitative estimate of drug-likeness (QED) is 0.700. The zero-order valence-corrected chi connectivity index (χ0v) is 8.75. The van der Waals surface area contributed by atoms with Gasteiger partial charge in [-0.15, -0.1) is 0 Å². The van der Waals surface area contributed by atoms with Crippen molar-refractivity contribution in [2.45, 2.75) is 26.2 Å². The van der Waals surface area contributed by atoms with Crippen LogP contribution in [0, 0.1) is 0 Å². The molecule has 1 aromatic rings. The summed E-state index contributed by atoms with van der Waals surface area (Å²) in [5, 5.41) is 2.73. The molecule has 0 atom stereocenters. The Morgan fingerprint density at radius 1 is 1.53 bits per heavy atom. The van der Waals surface area contributed by atoms with Gasteiger partial charge in [0.25, 0.3) is 11.5 Å². The maximum atomic E-state index is 11.4. The van der Waals surface area contributed by atoms with E-state index in [1.807, 2.05) is 0 Å². The van der Waals surface area contributed by atoms with E-state index >= 15 is 0 Å². The molecule has 1 amide bonds. The van der Waals surface area contributed by atoms with Crippen LogP contribution in [0.3, 0.4) is 0 Å². The van der Waals surface area contributed by atoms with Gasteiger partial charge in [-0.3, -0.25) is 9.59 Å². The minimum absolute atomic E-state index is 0.242. The van der Waals surface area contributed by atoms with Crippen molar-refractivity contribution >= 4 is 5.91 Å². The minimum atomic E-state index is -0.308. The Bertz CT molecular complexity index is 353. The van der Waals surface area contributed by atoms with Gasteiger partial charge in [0.15, 0.2) is 0 Å². The molecule has 0 bridgehead atoms. The zero-order valence-electron chi connectivity index (χ0n) is 8.75. The summed E-state index contributed by atoms with van der Waals surface area (Å²) >= 11 is 0. The van der Waals surface area contributed by atoms with Crippen LogP contribution in [0.2, 0.25) is 0 Å². The van der Waals surface area contributed by atoms with E-state index in [1.54, 1.807) is 0 Å². The molecule has 1 aromatic heterocycles. The molecule has 0 saturated carbocycles. The number of hydrogen-bond donors (Lipinski definition) is 2. The molecule has 15 heavy (non-hydrogen) atoms. The number of nitrogens with zero attached hydrogens (tertiary/aromatic N) is 1. The van der Waals surface area contributed by atoms with Gasteiger partial charge in [-0.25, -0.2) is 4.98 Å². The average Bonchev–Trinajstić information content (AvgIpc) is 2.25. The molecule has 0 aliphatic rings. The zero-order chi connectivity index (χ0) is 11.1. The van der Waals surface area contributed by atoms with Gasteiger partial charge in [0, 0.05) is 12.7 Å². The largest absolute Gasteiger partial charge is 0.351 e. The Labute approximate surface area is 87.9 Å². The van der Waals surface area contributed by atoms with Crippen LogP contribution in [0.4, 0.5) is 0 Å². The Balaban J connectivity index is 2.40. The molecule has 0 saturated heterocycles. The van der Waals surface area contributed by atoms with E-state index < -0.39 is 0 Å². The second-order valence-corrected chi connectivity index (χ2v) is 3.26. The Kier molecular flexibility index (Phi) is 4.53. The van der Waals surface area contributed by atoms with Crippen molar-refractivity contribution < 1.29 is 4.79 Å². The van der Waals surface area contributed by atoms with E-state index in [0.29, 0.717) is 6.54 Å². The normalized spacial score (nSPS) is 9.93. The molecule has 1 rings (SSSR count). The summed E-state index contributed by atoms with van der Waals surface area (Å²) in [6.45, 7) is 2.75.